The molecule has 162 valence electrons. The summed E-state index contributed by atoms with van der Waals surface area (Å²) in [5.74, 6) is 0.919. The summed E-state index contributed by atoms with van der Waals surface area (Å²) < 4.78 is 8.36. The number of nitrogens with zero attached hydrogens (tertiary/aromatic N) is 3. The molecular weight excluding hydrogens is 394 g/mol. The number of hydrogen-bond donors (Lipinski definition) is 0. The lowest BCUT2D eigenvalue weighted by Gasteiger charge is -2.19. The van der Waals surface area contributed by atoms with Gasteiger partial charge in [-0.05, 0) is 54.2 Å². The number of aryl methyl sites for hydroxylation is 2. The van der Waals surface area contributed by atoms with E-state index in [4.69, 9.17) is 14.7 Å². The molecule has 0 aliphatic heterocycles. The third-order valence-corrected chi connectivity index (χ3v) is 6.09. The summed E-state index contributed by atoms with van der Waals surface area (Å²) in [6.07, 6.45) is 0.892. The highest BCUT2D eigenvalue weighted by molar-refractivity contribution is 6.07. The van der Waals surface area contributed by atoms with E-state index in [0.29, 0.717) is 6.61 Å². The minimum absolute atomic E-state index is 0.151. The summed E-state index contributed by atoms with van der Waals surface area (Å²) in [7, 11) is 0. The van der Waals surface area contributed by atoms with E-state index >= 15 is 0 Å². The molecule has 0 unspecified atom stereocenters. The largest absolute Gasteiger partial charge is 0.494 e. The van der Waals surface area contributed by atoms with E-state index in [9.17, 15) is 0 Å². The van der Waals surface area contributed by atoms with Gasteiger partial charge in [-0.1, -0.05) is 63.2 Å². The van der Waals surface area contributed by atoms with E-state index in [1.54, 1.807) is 0 Å². The van der Waals surface area contributed by atoms with Gasteiger partial charge in [0.1, 0.15) is 11.3 Å². The van der Waals surface area contributed by atoms with Gasteiger partial charge in [0.25, 0.3) is 0 Å². The normalized spacial score (nSPS) is 12.1. The summed E-state index contributed by atoms with van der Waals surface area (Å²) in [4.78, 5) is 9.94. The molecule has 0 saturated carbocycles. The lowest BCUT2D eigenvalue weighted by molar-refractivity contribution is 0.303. The van der Waals surface area contributed by atoms with Crippen LogP contribution in [0.25, 0.3) is 33.1 Å². The summed E-state index contributed by atoms with van der Waals surface area (Å²) >= 11 is 0. The third-order valence-electron chi connectivity index (χ3n) is 6.09. The number of rotatable bonds is 5. The zero-order chi connectivity index (χ0) is 22.3. The van der Waals surface area contributed by atoms with Crippen LogP contribution in [0.2, 0.25) is 0 Å². The van der Waals surface area contributed by atoms with Gasteiger partial charge in [0, 0.05) is 11.9 Å². The van der Waals surface area contributed by atoms with Crippen molar-refractivity contribution in [3.05, 3.63) is 77.9 Å². The van der Waals surface area contributed by atoms with Crippen LogP contribution in [-0.2, 0) is 12.0 Å². The molecule has 4 nitrogen and oxygen atoms in total. The molecule has 0 spiro atoms. The molecule has 0 atom stereocenters. The van der Waals surface area contributed by atoms with Crippen molar-refractivity contribution in [3.8, 4) is 5.75 Å². The van der Waals surface area contributed by atoms with Crippen molar-refractivity contribution in [2.45, 2.75) is 46.1 Å². The molecule has 0 radical (unpaired) electrons. The van der Waals surface area contributed by atoms with E-state index in [0.717, 1.165) is 46.3 Å². The fourth-order valence-electron chi connectivity index (χ4n) is 4.36. The number of hydrogen-bond acceptors (Lipinski definition) is 3. The van der Waals surface area contributed by atoms with E-state index in [1.807, 2.05) is 24.3 Å². The highest BCUT2D eigenvalue weighted by Crippen LogP contribution is 2.30. The second-order valence-corrected chi connectivity index (χ2v) is 9.48. The Morgan fingerprint density at radius 2 is 1.56 bits per heavy atom. The Balaban J connectivity index is 1.41. The average molecular weight is 424 g/mol. The Hall–Kier alpha value is -3.40. The van der Waals surface area contributed by atoms with Crippen LogP contribution in [0.1, 0.15) is 38.3 Å². The maximum absolute atomic E-state index is 6.05. The Labute approximate surface area is 188 Å². The molecule has 32 heavy (non-hydrogen) atoms. The molecule has 0 N–H and O–H groups in total. The van der Waals surface area contributed by atoms with Gasteiger partial charge in [-0.3, -0.25) is 0 Å². The Bertz CT molecular complexity index is 1410. The molecule has 3 aromatic carbocycles. The third kappa shape index (κ3) is 3.70. The molecule has 5 aromatic rings. The number of fused-ring (bicyclic) bond motifs is 4. The maximum Gasteiger partial charge on any atom is 0.160 e. The van der Waals surface area contributed by atoms with Gasteiger partial charge in [-0.25, -0.2) is 9.97 Å². The van der Waals surface area contributed by atoms with Crippen LogP contribution in [0, 0.1) is 6.92 Å². The lowest BCUT2D eigenvalue weighted by Crippen LogP contribution is -2.10. The predicted octanol–water partition coefficient (Wildman–Crippen LogP) is 6.81. The summed E-state index contributed by atoms with van der Waals surface area (Å²) in [5.41, 5.74) is 7.70. The molecule has 0 aliphatic rings. The van der Waals surface area contributed by atoms with Crippen LogP contribution in [0.5, 0.6) is 5.75 Å². The molecule has 0 aliphatic carbocycles. The van der Waals surface area contributed by atoms with Crippen LogP contribution < -0.4 is 4.74 Å². The molecule has 0 fully saturated rings. The molecule has 2 heterocycles. The SMILES string of the molecule is Cc1cccc2c3nc4ccccc4nc3n(CCCOc3ccc(C(C)(C)C)cc3)c12. The van der Waals surface area contributed by atoms with Crippen LogP contribution in [0.3, 0.4) is 0 Å². The first-order valence-electron chi connectivity index (χ1n) is 11.3. The van der Waals surface area contributed by atoms with Gasteiger partial charge in [0.15, 0.2) is 5.65 Å². The van der Waals surface area contributed by atoms with E-state index in [1.165, 1.54) is 16.6 Å². The fraction of sp³-hybridized carbons (Fsp3) is 0.286. The van der Waals surface area contributed by atoms with Crippen molar-refractivity contribution in [2.24, 2.45) is 0 Å². The van der Waals surface area contributed by atoms with Crippen molar-refractivity contribution in [1.29, 1.82) is 0 Å². The topological polar surface area (TPSA) is 39.9 Å². The predicted molar refractivity (Wildman–Crippen MR) is 133 cm³/mol. The Morgan fingerprint density at radius 3 is 2.28 bits per heavy atom. The molecule has 5 rings (SSSR count). The first-order chi connectivity index (χ1) is 15.4. The molecule has 0 bridgehead atoms. The first-order valence-corrected chi connectivity index (χ1v) is 11.3. The molecule has 0 saturated heterocycles. The van der Waals surface area contributed by atoms with E-state index < -0.39 is 0 Å². The second kappa shape index (κ2) is 7.94. The quantitative estimate of drug-likeness (QED) is 0.291. The van der Waals surface area contributed by atoms with Crippen molar-refractivity contribution in [1.82, 2.24) is 14.5 Å². The zero-order valence-electron chi connectivity index (χ0n) is 19.2. The monoisotopic (exact) mass is 423 g/mol. The standard InChI is InChI=1S/C28H29N3O/c1-19-9-7-10-22-25-27(30-24-12-6-5-11-23(24)29-25)31(26(19)22)17-8-18-32-21-15-13-20(14-16-21)28(2,3)4/h5-7,9-16H,8,17-18H2,1-4H3. The molecule has 2 aromatic heterocycles. The molecule has 0 amide bonds. The first kappa shape index (κ1) is 20.5. The maximum atomic E-state index is 6.05. The van der Waals surface area contributed by atoms with Gasteiger partial charge < -0.3 is 9.30 Å². The second-order valence-electron chi connectivity index (χ2n) is 9.48. The highest BCUT2D eigenvalue weighted by atomic mass is 16.5. The number of ether oxygens (including phenoxy) is 1. The van der Waals surface area contributed by atoms with Crippen molar-refractivity contribution >= 4 is 33.1 Å². The number of para-hydroxylation sites is 3. The Morgan fingerprint density at radius 1 is 0.844 bits per heavy atom. The number of aromatic nitrogens is 3. The van der Waals surface area contributed by atoms with Crippen LogP contribution in [0.4, 0.5) is 0 Å². The van der Waals surface area contributed by atoms with Crippen molar-refractivity contribution in [3.63, 3.8) is 0 Å². The minimum Gasteiger partial charge on any atom is -0.494 e. The van der Waals surface area contributed by atoms with Gasteiger partial charge in [0.05, 0.1) is 23.2 Å². The van der Waals surface area contributed by atoms with E-state index in [2.05, 4.69) is 74.7 Å². The minimum atomic E-state index is 0.151. The average Bonchev–Trinajstić information content (AvgIpc) is 3.09. The molecule has 4 heteroatoms. The van der Waals surface area contributed by atoms with Crippen molar-refractivity contribution in [2.75, 3.05) is 6.61 Å². The summed E-state index contributed by atoms with van der Waals surface area (Å²) in [5, 5.41) is 1.16. The Kier molecular flexibility index (Phi) is 5.09. The van der Waals surface area contributed by atoms with Gasteiger partial charge in [-0.2, -0.15) is 0 Å². The number of benzene rings is 3. The van der Waals surface area contributed by atoms with Gasteiger partial charge >= 0.3 is 0 Å². The summed E-state index contributed by atoms with van der Waals surface area (Å²) in [6, 6.07) is 23.0. The van der Waals surface area contributed by atoms with Crippen LogP contribution >= 0.6 is 0 Å². The van der Waals surface area contributed by atoms with Gasteiger partial charge in [-0.15, -0.1) is 0 Å². The van der Waals surface area contributed by atoms with Crippen LogP contribution in [0.15, 0.2) is 66.7 Å². The highest BCUT2D eigenvalue weighted by Gasteiger charge is 2.16. The fourth-order valence-corrected chi connectivity index (χ4v) is 4.36. The zero-order valence-corrected chi connectivity index (χ0v) is 19.2. The van der Waals surface area contributed by atoms with Crippen LogP contribution in [-0.4, -0.2) is 21.1 Å². The summed E-state index contributed by atoms with van der Waals surface area (Å²) in [6.45, 7) is 10.3. The smallest absolute Gasteiger partial charge is 0.160 e. The van der Waals surface area contributed by atoms with E-state index in [-0.39, 0.29) is 5.41 Å². The van der Waals surface area contributed by atoms with Gasteiger partial charge in [0.2, 0.25) is 0 Å². The lowest BCUT2D eigenvalue weighted by atomic mass is 9.87. The van der Waals surface area contributed by atoms with Crippen molar-refractivity contribution < 1.29 is 4.74 Å². The molecular formula is C28H29N3O.